The molecular formula is C18H22N4O5. The minimum Gasteiger partial charge on any atom is -0.484 e. The van der Waals surface area contributed by atoms with Gasteiger partial charge in [-0.05, 0) is 31.9 Å². The maximum Gasteiger partial charge on any atom is 0.343 e. The Balaban J connectivity index is 1.38. The fourth-order valence-corrected chi connectivity index (χ4v) is 3.56. The van der Waals surface area contributed by atoms with Crippen LogP contribution in [0.15, 0.2) is 23.0 Å². The summed E-state index contributed by atoms with van der Waals surface area (Å²) >= 11 is 0. The maximum absolute atomic E-state index is 12.6. The highest BCUT2D eigenvalue weighted by Gasteiger charge is 2.28. The van der Waals surface area contributed by atoms with Crippen molar-refractivity contribution in [3.8, 4) is 17.2 Å². The average Bonchev–Trinajstić information content (AvgIpc) is 3.31. The van der Waals surface area contributed by atoms with Gasteiger partial charge in [-0.2, -0.15) is 5.10 Å². The Morgan fingerprint density at radius 2 is 2.22 bits per heavy atom. The van der Waals surface area contributed by atoms with Crippen LogP contribution in [0.1, 0.15) is 31.5 Å². The van der Waals surface area contributed by atoms with Crippen LogP contribution >= 0.6 is 0 Å². The van der Waals surface area contributed by atoms with Gasteiger partial charge in [-0.25, -0.2) is 9.89 Å². The number of nitrogens with zero attached hydrogens (tertiary/aromatic N) is 3. The van der Waals surface area contributed by atoms with E-state index in [1.807, 2.05) is 6.92 Å². The number of benzene rings is 1. The van der Waals surface area contributed by atoms with Crippen LogP contribution in [0.2, 0.25) is 0 Å². The normalized spacial score (nSPS) is 18.6. The van der Waals surface area contributed by atoms with E-state index < -0.39 is 0 Å². The van der Waals surface area contributed by atoms with E-state index in [4.69, 9.17) is 14.2 Å². The van der Waals surface area contributed by atoms with Gasteiger partial charge in [0.1, 0.15) is 11.6 Å². The number of fused-ring (bicyclic) bond motifs is 1. The van der Waals surface area contributed by atoms with Gasteiger partial charge in [-0.1, -0.05) is 0 Å². The summed E-state index contributed by atoms with van der Waals surface area (Å²) in [5.74, 6) is 2.54. The minimum atomic E-state index is -0.206. The van der Waals surface area contributed by atoms with Gasteiger partial charge < -0.3 is 19.1 Å². The SMILES string of the molecule is CCn1c(C2CCCN(C(=O)COc3ccc4c(c3)OCO4)C2)n[nH]c1=O. The largest absolute Gasteiger partial charge is 0.484 e. The van der Waals surface area contributed by atoms with Gasteiger partial charge in [-0.15, -0.1) is 0 Å². The van der Waals surface area contributed by atoms with Crippen molar-refractivity contribution >= 4 is 5.91 Å². The molecule has 2 aliphatic heterocycles. The van der Waals surface area contributed by atoms with Crippen molar-refractivity contribution in [1.29, 1.82) is 0 Å². The summed E-state index contributed by atoms with van der Waals surface area (Å²) in [7, 11) is 0. The number of aromatic nitrogens is 3. The molecule has 3 heterocycles. The van der Waals surface area contributed by atoms with Gasteiger partial charge in [-0.3, -0.25) is 9.36 Å². The van der Waals surface area contributed by atoms with Gasteiger partial charge in [0.2, 0.25) is 6.79 Å². The molecule has 1 amide bonds. The molecule has 1 atom stereocenters. The number of hydrogen-bond donors (Lipinski definition) is 1. The number of hydrogen-bond acceptors (Lipinski definition) is 6. The zero-order valence-corrected chi connectivity index (χ0v) is 15.1. The molecule has 4 rings (SSSR count). The number of aromatic amines is 1. The summed E-state index contributed by atoms with van der Waals surface area (Å²) < 4.78 is 17.8. The quantitative estimate of drug-likeness (QED) is 0.842. The highest BCUT2D eigenvalue weighted by atomic mass is 16.7. The van der Waals surface area contributed by atoms with E-state index >= 15 is 0 Å². The third-order valence-electron chi connectivity index (χ3n) is 4.95. The minimum absolute atomic E-state index is 0.0481. The molecule has 144 valence electrons. The molecule has 9 heteroatoms. The second kappa shape index (κ2) is 7.34. The first kappa shape index (κ1) is 17.4. The van der Waals surface area contributed by atoms with Gasteiger partial charge in [0.25, 0.3) is 5.91 Å². The van der Waals surface area contributed by atoms with Crippen molar-refractivity contribution in [2.45, 2.75) is 32.2 Å². The van der Waals surface area contributed by atoms with Crippen LogP contribution in [0.5, 0.6) is 17.2 Å². The Morgan fingerprint density at radius 1 is 1.37 bits per heavy atom. The van der Waals surface area contributed by atoms with Gasteiger partial charge >= 0.3 is 5.69 Å². The van der Waals surface area contributed by atoms with Crippen LogP contribution in [0.4, 0.5) is 0 Å². The van der Waals surface area contributed by atoms with E-state index in [9.17, 15) is 9.59 Å². The average molecular weight is 374 g/mol. The third-order valence-corrected chi connectivity index (χ3v) is 4.95. The number of ether oxygens (including phenoxy) is 3. The molecule has 9 nitrogen and oxygen atoms in total. The van der Waals surface area contributed by atoms with Crippen molar-refractivity contribution in [1.82, 2.24) is 19.7 Å². The Morgan fingerprint density at radius 3 is 3.07 bits per heavy atom. The number of likely N-dealkylation sites (tertiary alicyclic amines) is 1. The maximum atomic E-state index is 12.6. The molecule has 0 aliphatic carbocycles. The molecule has 0 spiro atoms. The molecule has 2 aromatic rings. The molecule has 0 saturated carbocycles. The Labute approximate surface area is 155 Å². The first-order chi connectivity index (χ1) is 13.2. The van der Waals surface area contributed by atoms with E-state index in [2.05, 4.69) is 10.2 Å². The summed E-state index contributed by atoms with van der Waals surface area (Å²) in [5, 5.41) is 6.67. The molecule has 1 fully saturated rings. The molecule has 0 radical (unpaired) electrons. The second-order valence-corrected chi connectivity index (χ2v) is 6.61. The highest BCUT2D eigenvalue weighted by Crippen LogP contribution is 2.35. The van der Waals surface area contributed by atoms with Crippen LogP contribution in [-0.2, 0) is 11.3 Å². The second-order valence-electron chi connectivity index (χ2n) is 6.61. The number of nitrogens with one attached hydrogen (secondary N) is 1. The van der Waals surface area contributed by atoms with Crippen LogP contribution < -0.4 is 19.9 Å². The topological polar surface area (TPSA) is 98.7 Å². The number of rotatable bonds is 5. The number of carbonyl (C=O) groups excluding carboxylic acids is 1. The number of carbonyl (C=O) groups is 1. The van der Waals surface area contributed by atoms with E-state index in [1.165, 1.54) is 0 Å². The van der Waals surface area contributed by atoms with Crippen molar-refractivity contribution in [2.24, 2.45) is 0 Å². The lowest BCUT2D eigenvalue weighted by Gasteiger charge is -2.32. The third kappa shape index (κ3) is 3.49. The van der Waals surface area contributed by atoms with E-state index in [-0.39, 0.29) is 30.9 Å². The van der Waals surface area contributed by atoms with Crippen LogP contribution in [0, 0.1) is 0 Å². The van der Waals surface area contributed by atoms with E-state index in [0.29, 0.717) is 36.9 Å². The summed E-state index contributed by atoms with van der Waals surface area (Å²) in [4.78, 5) is 26.2. The zero-order valence-electron chi connectivity index (χ0n) is 15.1. The lowest BCUT2D eigenvalue weighted by atomic mass is 9.97. The highest BCUT2D eigenvalue weighted by molar-refractivity contribution is 5.78. The number of amides is 1. The standard InChI is InChI=1S/C18H22N4O5/c1-2-22-17(19-20-18(22)24)12-4-3-7-21(9-12)16(23)10-25-13-5-6-14-15(8-13)27-11-26-14/h5-6,8,12H,2-4,7,9-11H2,1H3,(H,20,24). The van der Waals surface area contributed by atoms with Crippen molar-refractivity contribution in [2.75, 3.05) is 26.5 Å². The van der Waals surface area contributed by atoms with Crippen LogP contribution in [0.25, 0.3) is 0 Å². The molecule has 1 aromatic heterocycles. The van der Waals surface area contributed by atoms with Gasteiger partial charge in [0.05, 0.1) is 0 Å². The summed E-state index contributed by atoms with van der Waals surface area (Å²) in [5.41, 5.74) is -0.206. The van der Waals surface area contributed by atoms with Crippen LogP contribution in [-0.4, -0.2) is 52.1 Å². The van der Waals surface area contributed by atoms with Gasteiger partial charge in [0, 0.05) is 31.6 Å². The molecule has 0 bridgehead atoms. The van der Waals surface area contributed by atoms with Crippen molar-refractivity contribution in [3.63, 3.8) is 0 Å². The molecule has 1 unspecified atom stereocenters. The Hall–Kier alpha value is -2.97. The fourth-order valence-electron chi connectivity index (χ4n) is 3.56. The molecule has 27 heavy (non-hydrogen) atoms. The van der Waals surface area contributed by atoms with E-state index in [1.54, 1.807) is 27.7 Å². The summed E-state index contributed by atoms with van der Waals surface area (Å²) in [6.07, 6.45) is 1.77. The summed E-state index contributed by atoms with van der Waals surface area (Å²) in [6, 6.07) is 5.24. The van der Waals surface area contributed by atoms with Crippen molar-refractivity contribution < 1.29 is 19.0 Å². The number of piperidine rings is 1. The first-order valence-electron chi connectivity index (χ1n) is 9.11. The zero-order chi connectivity index (χ0) is 18.8. The lowest BCUT2D eigenvalue weighted by Crippen LogP contribution is -2.42. The molecule has 1 aromatic carbocycles. The fraction of sp³-hybridized carbons (Fsp3) is 0.500. The molecular weight excluding hydrogens is 352 g/mol. The van der Waals surface area contributed by atoms with Gasteiger partial charge in [0.15, 0.2) is 18.1 Å². The Kier molecular flexibility index (Phi) is 4.74. The van der Waals surface area contributed by atoms with Crippen molar-refractivity contribution in [3.05, 3.63) is 34.5 Å². The first-order valence-corrected chi connectivity index (χ1v) is 9.11. The monoisotopic (exact) mass is 374 g/mol. The number of H-pyrrole nitrogens is 1. The predicted octanol–water partition coefficient (Wildman–Crippen LogP) is 1.10. The molecule has 1 saturated heterocycles. The van der Waals surface area contributed by atoms with E-state index in [0.717, 1.165) is 18.7 Å². The molecule has 1 N–H and O–H groups in total. The van der Waals surface area contributed by atoms with Crippen LogP contribution in [0.3, 0.4) is 0 Å². The predicted molar refractivity (Wildman–Crippen MR) is 95.1 cm³/mol. The molecule has 2 aliphatic rings. The lowest BCUT2D eigenvalue weighted by molar-refractivity contribution is -0.134. The smallest absolute Gasteiger partial charge is 0.343 e. The summed E-state index contributed by atoms with van der Waals surface area (Å²) in [6.45, 7) is 3.83. The Bertz CT molecular complexity index is 890.